The Balaban J connectivity index is 1.82. The van der Waals surface area contributed by atoms with Crippen molar-refractivity contribution in [2.45, 2.75) is 64.5 Å². The van der Waals surface area contributed by atoms with Gasteiger partial charge in [0.1, 0.15) is 11.9 Å². The summed E-state index contributed by atoms with van der Waals surface area (Å²) in [5.74, 6) is 1.89. The smallest absolute Gasteiger partial charge is 0.124 e. The van der Waals surface area contributed by atoms with Crippen molar-refractivity contribution in [1.29, 1.82) is 0 Å². The summed E-state index contributed by atoms with van der Waals surface area (Å²) in [7, 11) is 0. The van der Waals surface area contributed by atoms with Crippen molar-refractivity contribution in [2.75, 3.05) is 6.54 Å². The van der Waals surface area contributed by atoms with Crippen LogP contribution >= 0.6 is 0 Å². The van der Waals surface area contributed by atoms with Crippen molar-refractivity contribution < 1.29 is 4.74 Å². The van der Waals surface area contributed by atoms with Crippen LogP contribution in [0.1, 0.15) is 62.6 Å². The number of fused-ring (bicyclic) bond motifs is 1. The molecule has 110 valence electrons. The molecule has 3 rings (SSSR count). The summed E-state index contributed by atoms with van der Waals surface area (Å²) < 4.78 is 6.34. The van der Waals surface area contributed by atoms with Gasteiger partial charge in [0, 0.05) is 18.0 Å². The molecule has 20 heavy (non-hydrogen) atoms. The molecule has 0 aromatic heterocycles. The molecule has 0 bridgehead atoms. The first-order valence-corrected chi connectivity index (χ1v) is 8.28. The molecule has 1 aliphatic heterocycles. The highest BCUT2D eigenvalue weighted by atomic mass is 16.5. The normalized spacial score (nSPS) is 26.3. The standard InChI is InChI=1S/C18H27NO/c1-3-10-19-16-12-18(14-6-4-5-7-14)20-17-9-8-13(2)11-15(16)17/h8-9,11,14,16,18-19H,3-7,10,12H2,1-2H3. The zero-order chi connectivity index (χ0) is 13.9. The first-order chi connectivity index (χ1) is 9.78. The fourth-order valence-corrected chi connectivity index (χ4v) is 3.75. The molecule has 2 nitrogen and oxygen atoms in total. The molecule has 1 aromatic carbocycles. The number of nitrogens with one attached hydrogen (secondary N) is 1. The molecule has 1 N–H and O–H groups in total. The van der Waals surface area contributed by atoms with Crippen LogP contribution in [-0.2, 0) is 0 Å². The minimum absolute atomic E-state index is 0.419. The molecule has 0 amide bonds. The quantitative estimate of drug-likeness (QED) is 0.879. The third-order valence-electron chi connectivity index (χ3n) is 4.85. The molecule has 1 saturated carbocycles. The lowest BCUT2D eigenvalue weighted by atomic mass is 9.88. The molecule has 2 heteroatoms. The Morgan fingerprint density at radius 1 is 1.25 bits per heavy atom. The molecule has 1 aromatic rings. The van der Waals surface area contributed by atoms with Gasteiger partial charge >= 0.3 is 0 Å². The van der Waals surface area contributed by atoms with E-state index >= 15 is 0 Å². The van der Waals surface area contributed by atoms with E-state index in [-0.39, 0.29) is 0 Å². The van der Waals surface area contributed by atoms with E-state index in [1.54, 1.807) is 0 Å². The number of rotatable bonds is 4. The van der Waals surface area contributed by atoms with Crippen molar-refractivity contribution >= 4 is 0 Å². The lowest BCUT2D eigenvalue weighted by Crippen LogP contribution is -2.37. The van der Waals surface area contributed by atoms with Gasteiger partial charge in [0.05, 0.1) is 0 Å². The number of hydrogen-bond donors (Lipinski definition) is 1. The molecule has 2 atom stereocenters. The van der Waals surface area contributed by atoms with Crippen LogP contribution in [0.2, 0.25) is 0 Å². The number of aryl methyl sites for hydroxylation is 1. The van der Waals surface area contributed by atoms with Gasteiger partial charge in [0.15, 0.2) is 0 Å². The van der Waals surface area contributed by atoms with E-state index in [1.165, 1.54) is 43.2 Å². The maximum atomic E-state index is 6.34. The molecular formula is C18H27NO. The van der Waals surface area contributed by atoms with Gasteiger partial charge in [0.2, 0.25) is 0 Å². The van der Waals surface area contributed by atoms with E-state index in [4.69, 9.17) is 4.74 Å². The van der Waals surface area contributed by atoms with Crippen LogP contribution in [0, 0.1) is 12.8 Å². The fourth-order valence-electron chi connectivity index (χ4n) is 3.75. The maximum absolute atomic E-state index is 6.34. The Morgan fingerprint density at radius 2 is 2.05 bits per heavy atom. The third kappa shape index (κ3) is 2.85. The van der Waals surface area contributed by atoms with Crippen molar-refractivity contribution in [3.8, 4) is 5.75 Å². The molecule has 2 unspecified atom stereocenters. The van der Waals surface area contributed by atoms with E-state index in [2.05, 4.69) is 37.4 Å². The van der Waals surface area contributed by atoms with Gasteiger partial charge in [-0.05, 0) is 44.7 Å². The van der Waals surface area contributed by atoms with Crippen LogP contribution in [-0.4, -0.2) is 12.6 Å². The first-order valence-electron chi connectivity index (χ1n) is 8.28. The second-order valence-electron chi connectivity index (χ2n) is 6.48. The van der Waals surface area contributed by atoms with Crippen molar-refractivity contribution in [3.05, 3.63) is 29.3 Å². The Hall–Kier alpha value is -1.02. The highest BCUT2D eigenvalue weighted by molar-refractivity contribution is 5.41. The van der Waals surface area contributed by atoms with Crippen LogP contribution in [0.25, 0.3) is 0 Å². The molecule has 1 aliphatic carbocycles. The average molecular weight is 273 g/mol. The molecule has 1 heterocycles. The van der Waals surface area contributed by atoms with Gasteiger partial charge in [-0.15, -0.1) is 0 Å². The average Bonchev–Trinajstić information content (AvgIpc) is 2.99. The van der Waals surface area contributed by atoms with Gasteiger partial charge < -0.3 is 10.1 Å². The predicted molar refractivity (Wildman–Crippen MR) is 83.2 cm³/mol. The maximum Gasteiger partial charge on any atom is 0.124 e. The van der Waals surface area contributed by atoms with Crippen LogP contribution in [0.5, 0.6) is 5.75 Å². The zero-order valence-electron chi connectivity index (χ0n) is 12.8. The molecule has 2 aliphatic rings. The van der Waals surface area contributed by atoms with Crippen LogP contribution in [0.3, 0.4) is 0 Å². The number of hydrogen-bond acceptors (Lipinski definition) is 2. The summed E-state index contributed by atoms with van der Waals surface area (Å²) in [6.07, 6.45) is 8.23. The van der Waals surface area contributed by atoms with E-state index in [1.807, 2.05) is 0 Å². The summed E-state index contributed by atoms with van der Waals surface area (Å²) in [5, 5.41) is 3.73. The summed E-state index contributed by atoms with van der Waals surface area (Å²) in [6, 6.07) is 7.12. The van der Waals surface area contributed by atoms with Crippen molar-refractivity contribution in [3.63, 3.8) is 0 Å². The van der Waals surface area contributed by atoms with Gasteiger partial charge in [-0.25, -0.2) is 0 Å². The van der Waals surface area contributed by atoms with Crippen LogP contribution in [0.15, 0.2) is 18.2 Å². The first kappa shape index (κ1) is 13.9. The monoisotopic (exact) mass is 273 g/mol. The minimum Gasteiger partial charge on any atom is -0.490 e. The summed E-state index contributed by atoms with van der Waals surface area (Å²) in [6.45, 7) is 5.49. The molecule has 1 fully saturated rings. The SMILES string of the molecule is CCCNC1CC(C2CCCC2)Oc2ccc(C)cc21. The van der Waals surface area contributed by atoms with E-state index < -0.39 is 0 Å². The summed E-state index contributed by atoms with van der Waals surface area (Å²) in [5.41, 5.74) is 2.70. The van der Waals surface area contributed by atoms with Gasteiger partial charge in [-0.1, -0.05) is 37.5 Å². The minimum atomic E-state index is 0.419. The number of benzene rings is 1. The van der Waals surface area contributed by atoms with Crippen molar-refractivity contribution in [1.82, 2.24) is 5.32 Å². The molecule has 0 radical (unpaired) electrons. The Labute approximate surface area is 122 Å². The van der Waals surface area contributed by atoms with Crippen LogP contribution in [0.4, 0.5) is 0 Å². The Bertz CT molecular complexity index is 451. The largest absolute Gasteiger partial charge is 0.490 e. The molecule has 0 saturated heterocycles. The molecular weight excluding hydrogens is 246 g/mol. The summed E-state index contributed by atoms with van der Waals surface area (Å²) in [4.78, 5) is 0. The van der Waals surface area contributed by atoms with Crippen molar-refractivity contribution in [2.24, 2.45) is 5.92 Å². The number of ether oxygens (including phenoxy) is 1. The summed E-state index contributed by atoms with van der Waals surface area (Å²) >= 11 is 0. The second-order valence-corrected chi connectivity index (χ2v) is 6.48. The predicted octanol–water partition coefficient (Wildman–Crippen LogP) is 4.38. The van der Waals surface area contributed by atoms with Gasteiger partial charge in [0.25, 0.3) is 0 Å². The topological polar surface area (TPSA) is 21.3 Å². The highest BCUT2D eigenvalue weighted by Gasteiger charge is 2.34. The lowest BCUT2D eigenvalue weighted by Gasteiger charge is -2.36. The van der Waals surface area contributed by atoms with E-state index in [0.717, 1.165) is 24.6 Å². The van der Waals surface area contributed by atoms with Crippen LogP contribution < -0.4 is 10.1 Å². The van der Waals surface area contributed by atoms with Gasteiger partial charge in [-0.3, -0.25) is 0 Å². The fraction of sp³-hybridized carbons (Fsp3) is 0.667. The van der Waals surface area contributed by atoms with E-state index in [0.29, 0.717) is 12.1 Å². The zero-order valence-corrected chi connectivity index (χ0v) is 12.8. The lowest BCUT2D eigenvalue weighted by molar-refractivity contribution is 0.0947. The van der Waals surface area contributed by atoms with Gasteiger partial charge in [-0.2, -0.15) is 0 Å². The Morgan fingerprint density at radius 3 is 2.80 bits per heavy atom. The van der Waals surface area contributed by atoms with E-state index in [9.17, 15) is 0 Å². The highest BCUT2D eigenvalue weighted by Crippen LogP contribution is 2.41. The third-order valence-corrected chi connectivity index (χ3v) is 4.85. The Kier molecular flexibility index (Phi) is 4.30. The molecule has 0 spiro atoms. The second kappa shape index (κ2) is 6.17.